The van der Waals surface area contributed by atoms with E-state index in [2.05, 4.69) is 15.9 Å². The first kappa shape index (κ1) is 18.7. The minimum atomic E-state index is -5.46. The predicted molar refractivity (Wildman–Crippen MR) is 94.1 cm³/mol. The Balaban J connectivity index is 1.76. The van der Waals surface area contributed by atoms with Crippen LogP contribution in [0, 0.1) is 0 Å². The summed E-state index contributed by atoms with van der Waals surface area (Å²) in [6.07, 6.45) is 0.276. The molecule has 10 heteroatoms. The van der Waals surface area contributed by atoms with Crippen LogP contribution in [-0.2, 0) is 27.8 Å². The summed E-state index contributed by atoms with van der Waals surface area (Å²) in [5, 5.41) is 0. The molecule has 2 aromatic rings. The molecule has 1 N–H and O–H groups in total. The van der Waals surface area contributed by atoms with E-state index in [1.165, 1.54) is 29.0 Å². The molecule has 138 valence electrons. The Morgan fingerprint density at radius 1 is 1.12 bits per heavy atom. The molecule has 2 aromatic carbocycles. The lowest BCUT2D eigenvalue weighted by atomic mass is 10.1. The number of nitrogens with zero attached hydrogens (tertiary/aromatic N) is 1. The molecule has 0 bridgehead atoms. The smallest absolute Gasteiger partial charge is 0.307 e. The van der Waals surface area contributed by atoms with Gasteiger partial charge in [0.25, 0.3) is 0 Å². The molecule has 0 saturated heterocycles. The second-order valence-electron chi connectivity index (χ2n) is 5.68. The summed E-state index contributed by atoms with van der Waals surface area (Å²) >= 11 is 3.35. The third-order valence-corrected chi connectivity index (χ3v) is 5.43. The zero-order valence-corrected chi connectivity index (χ0v) is 15.5. The van der Waals surface area contributed by atoms with Gasteiger partial charge < -0.3 is 4.90 Å². The number of sulfonamides is 1. The third-order valence-electron chi connectivity index (χ3n) is 3.83. The van der Waals surface area contributed by atoms with E-state index >= 15 is 0 Å². The van der Waals surface area contributed by atoms with E-state index in [0.717, 1.165) is 15.7 Å². The van der Waals surface area contributed by atoms with Crippen LogP contribution in [0.3, 0.4) is 0 Å². The quantitative estimate of drug-likeness (QED) is 0.773. The number of rotatable bonds is 4. The fraction of sp³-hybridized carbons (Fsp3) is 0.188. The molecule has 5 nitrogen and oxygen atoms in total. The number of carbonyl (C=O) groups is 1. The summed E-state index contributed by atoms with van der Waals surface area (Å²) in [6, 6.07) is 10.9. The Morgan fingerprint density at radius 3 is 2.38 bits per heavy atom. The van der Waals surface area contributed by atoms with E-state index in [0.29, 0.717) is 5.56 Å². The molecule has 0 aromatic heterocycles. The van der Waals surface area contributed by atoms with Crippen molar-refractivity contribution in [1.29, 1.82) is 0 Å². The normalized spacial score (nSPS) is 14.5. The van der Waals surface area contributed by atoms with Crippen molar-refractivity contribution in [2.75, 3.05) is 9.62 Å². The van der Waals surface area contributed by atoms with Gasteiger partial charge in [-0.3, -0.25) is 9.52 Å². The van der Waals surface area contributed by atoms with Gasteiger partial charge in [-0.2, -0.15) is 21.6 Å². The first-order valence-electron chi connectivity index (χ1n) is 7.34. The predicted octanol–water partition coefficient (Wildman–Crippen LogP) is 3.80. The molecule has 0 fully saturated rings. The first-order valence-corrected chi connectivity index (χ1v) is 9.61. The van der Waals surface area contributed by atoms with Crippen molar-refractivity contribution >= 4 is 43.2 Å². The summed E-state index contributed by atoms with van der Waals surface area (Å²) in [5.41, 5.74) is -3.27. The highest BCUT2D eigenvalue weighted by molar-refractivity contribution is 9.10. The number of halogens is 4. The van der Waals surface area contributed by atoms with Gasteiger partial charge in [0.15, 0.2) is 0 Å². The van der Waals surface area contributed by atoms with Gasteiger partial charge in [0.2, 0.25) is 5.91 Å². The minimum Gasteiger partial charge on any atom is -0.307 e. The summed E-state index contributed by atoms with van der Waals surface area (Å²) in [7, 11) is -5.46. The van der Waals surface area contributed by atoms with Crippen LogP contribution >= 0.6 is 15.9 Å². The van der Waals surface area contributed by atoms with Crippen molar-refractivity contribution < 1.29 is 26.4 Å². The lowest BCUT2D eigenvalue weighted by Crippen LogP contribution is -2.30. The first-order chi connectivity index (χ1) is 12.1. The lowest BCUT2D eigenvalue weighted by Gasteiger charge is -2.18. The zero-order chi connectivity index (χ0) is 19.1. The van der Waals surface area contributed by atoms with Gasteiger partial charge in [0, 0.05) is 15.8 Å². The molecule has 0 spiro atoms. The number of hydrogen-bond donors (Lipinski definition) is 1. The van der Waals surface area contributed by atoms with E-state index < -0.39 is 15.5 Å². The highest BCUT2D eigenvalue weighted by Crippen LogP contribution is 2.32. The average molecular weight is 449 g/mol. The van der Waals surface area contributed by atoms with Crippen LogP contribution in [0.15, 0.2) is 46.9 Å². The number of anilines is 2. The second kappa shape index (κ2) is 6.58. The van der Waals surface area contributed by atoms with Gasteiger partial charge in [-0.25, -0.2) is 0 Å². The number of hydrogen-bond acceptors (Lipinski definition) is 3. The van der Waals surface area contributed by atoms with E-state index in [1.54, 1.807) is 4.90 Å². The maximum absolute atomic E-state index is 12.4. The molecular weight excluding hydrogens is 437 g/mol. The zero-order valence-electron chi connectivity index (χ0n) is 13.0. The molecule has 1 amide bonds. The van der Waals surface area contributed by atoms with Gasteiger partial charge in [0.05, 0.1) is 13.0 Å². The van der Waals surface area contributed by atoms with Crippen molar-refractivity contribution in [3.63, 3.8) is 0 Å². The third kappa shape index (κ3) is 3.70. The fourth-order valence-corrected chi connectivity index (χ4v) is 3.57. The number of fused-ring (bicyclic) bond motifs is 1. The van der Waals surface area contributed by atoms with Crippen LogP contribution in [0.1, 0.15) is 11.1 Å². The lowest BCUT2D eigenvalue weighted by molar-refractivity contribution is -0.117. The number of amides is 1. The summed E-state index contributed by atoms with van der Waals surface area (Å²) in [5.74, 6) is -0.0834. The maximum Gasteiger partial charge on any atom is 0.516 e. The standard InChI is InChI=1S/C16H12BrF3N2O3S/c17-12-3-6-14-11(7-12)8-15(23)22(14)9-10-1-4-13(5-2-10)21-26(24,25)16(18,19)20/h1-7,21H,8-9H2. The van der Waals surface area contributed by atoms with Crippen LogP contribution in [0.4, 0.5) is 24.5 Å². The number of nitrogens with one attached hydrogen (secondary N) is 1. The Morgan fingerprint density at radius 2 is 1.77 bits per heavy atom. The van der Waals surface area contributed by atoms with E-state index in [1.807, 2.05) is 18.2 Å². The van der Waals surface area contributed by atoms with Crippen molar-refractivity contribution in [3.8, 4) is 0 Å². The van der Waals surface area contributed by atoms with Crippen LogP contribution in [0.5, 0.6) is 0 Å². The monoisotopic (exact) mass is 448 g/mol. The summed E-state index contributed by atoms with van der Waals surface area (Å²) < 4.78 is 61.7. The Labute approximate surface area is 156 Å². The number of benzene rings is 2. The van der Waals surface area contributed by atoms with Crippen LogP contribution < -0.4 is 9.62 Å². The molecule has 0 saturated carbocycles. The Kier molecular flexibility index (Phi) is 4.74. The van der Waals surface area contributed by atoms with Crippen LogP contribution in [0.25, 0.3) is 0 Å². The summed E-state index contributed by atoms with van der Waals surface area (Å²) in [4.78, 5) is 13.8. The summed E-state index contributed by atoms with van der Waals surface area (Å²) in [6.45, 7) is 0.236. The maximum atomic E-state index is 12.4. The van der Waals surface area contributed by atoms with Gasteiger partial charge in [-0.15, -0.1) is 0 Å². The van der Waals surface area contributed by atoms with Gasteiger partial charge >= 0.3 is 15.5 Å². The number of carbonyl (C=O) groups excluding carboxylic acids is 1. The van der Waals surface area contributed by atoms with Gasteiger partial charge in [-0.1, -0.05) is 28.1 Å². The Bertz CT molecular complexity index is 960. The second-order valence-corrected chi connectivity index (χ2v) is 8.27. The molecule has 0 unspecified atom stereocenters. The average Bonchev–Trinajstić information content (AvgIpc) is 2.82. The minimum absolute atomic E-state index is 0.0834. The molecule has 1 heterocycles. The van der Waals surface area contributed by atoms with Crippen LogP contribution in [0.2, 0.25) is 0 Å². The molecule has 0 aliphatic carbocycles. The highest BCUT2D eigenvalue weighted by atomic mass is 79.9. The van der Waals surface area contributed by atoms with Crippen molar-refractivity contribution in [3.05, 3.63) is 58.1 Å². The largest absolute Gasteiger partial charge is 0.516 e. The van der Waals surface area contributed by atoms with E-state index in [9.17, 15) is 26.4 Å². The molecule has 1 aliphatic heterocycles. The SMILES string of the molecule is O=C1Cc2cc(Br)ccc2N1Cc1ccc(NS(=O)(=O)C(F)(F)F)cc1. The molecule has 26 heavy (non-hydrogen) atoms. The Hall–Kier alpha value is -2.07. The van der Waals surface area contributed by atoms with Crippen molar-refractivity contribution in [1.82, 2.24) is 0 Å². The van der Waals surface area contributed by atoms with Gasteiger partial charge in [-0.05, 0) is 41.5 Å². The molecule has 0 radical (unpaired) electrons. The van der Waals surface area contributed by atoms with Crippen molar-refractivity contribution in [2.45, 2.75) is 18.5 Å². The number of alkyl halides is 3. The van der Waals surface area contributed by atoms with E-state index in [4.69, 9.17) is 0 Å². The van der Waals surface area contributed by atoms with Crippen molar-refractivity contribution in [2.24, 2.45) is 0 Å². The van der Waals surface area contributed by atoms with E-state index in [-0.39, 0.29) is 24.6 Å². The molecular formula is C16H12BrF3N2O3S. The van der Waals surface area contributed by atoms with Crippen LogP contribution in [-0.4, -0.2) is 19.8 Å². The fourth-order valence-electron chi connectivity index (χ4n) is 2.60. The van der Waals surface area contributed by atoms with Gasteiger partial charge in [0.1, 0.15) is 0 Å². The topological polar surface area (TPSA) is 66.5 Å². The molecule has 0 atom stereocenters. The molecule has 1 aliphatic rings. The molecule has 3 rings (SSSR count). The highest BCUT2D eigenvalue weighted by Gasteiger charge is 2.46.